The molecular formula is C10H16N2OS. The van der Waals surface area contributed by atoms with Gasteiger partial charge in [0, 0.05) is 18.2 Å². The van der Waals surface area contributed by atoms with E-state index < -0.39 is 0 Å². The molecule has 1 N–H and O–H groups in total. The molecule has 0 spiro atoms. The van der Waals surface area contributed by atoms with Crippen molar-refractivity contribution < 1.29 is 4.42 Å². The minimum absolute atomic E-state index is 0.650. The number of thioether (sulfide) groups is 1. The van der Waals surface area contributed by atoms with Crippen LogP contribution in [0.1, 0.15) is 25.0 Å². The highest BCUT2D eigenvalue weighted by molar-refractivity contribution is 7.99. The molecule has 2 rings (SSSR count). The molecule has 1 aromatic heterocycles. The number of nitrogens with zero attached hydrogens (tertiary/aromatic N) is 1. The van der Waals surface area contributed by atoms with Crippen LogP contribution in [0.25, 0.3) is 0 Å². The van der Waals surface area contributed by atoms with Crippen LogP contribution in [0.4, 0.5) is 0 Å². The van der Waals surface area contributed by atoms with Crippen LogP contribution in [-0.4, -0.2) is 22.5 Å². The average molecular weight is 212 g/mol. The van der Waals surface area contributed by atoms with Crippen molar-refractivity contribution in [2.75, 3.05) is 11.5 Å². The molecule has 1 aromatic rings. The van der Waals surface area contributed by atoms with Gasteiger partial charge in [0.05, 0.1) is 12.7 Å². The first-order chi connectivity index (χ1) is 6.88. The summed E-state index contributed by atoms with van der Waals surface area (Å²) < 4.78 is 5.51. The first-order valence-electron chi connectivity index (χ1n) is 5.13. The number of hydrogen-bond donors (Lipinski definition) is 1. The quantitative estimate of drug-likeness (QED) is 0.826. The summed E-state index contributed by atoms with van der Waals surface area (Å²) in [6.45, 7) is 2.84. The Kier molecular flexibility index (Phi) is 3.48. The van der Waals surface area contributed by atoms with Crippen LogP contribution in [0.2, 0.25) is 0 Å². The normalized spacial score (nSPS) is 21.6. The van der Waals surface area contributed by atoms with Gasteiger partial charge in [0.1, 0.15) is 5.76 Å². The third kappa shape index (κ3) is 2.51. The van der Waals surface area contributed by atoms with E-state index in [0.29, 0.717) is 6.04 Å². The summed E-state index contributed by atoms with van der Waals surface area (Å²) in [5, 5.41) is 3.46. The molecule has 1 atom stereocenters. The molecule has 14 heavy (non-hydrogen) atoms. The van der Waals surface area contributed by atoms with Crippen LogP contribution in [0, 0.1) is 0 Å². The van der Waals surface area contributed by atoms with Gasteiger partial charge in [-0.25, -0.2) is 4.98 Å². The van der Waals surface area contributed by atoms with E-state index in [9.17, 15) is 0 Å². The van der Waals surface area contributed by atoms with Gasteiger partial charge in [-0.2, -0.15) is 11.8 Å². The van der Waals surface area contributed by atoms with Crippen LogP contribution in [0.15, 0.2) is 10.6 Å². The van der Waals surface area contributed by atoms with Gasteiger partial charge in [-0.05, 0) is 12.2 Å². The predicted octanol–water partition coefficient (Wildman–Crippen LogP) is 1.83. The summed E-state index contributed by atoms with van der Waals surface area (Å²) in [6.07, 6.45) is 4.01. The van der Waals surface area contributed by atoms with Crippen molar-refractivity contribution in [2.45, 2.75) is 32.4 Å². The Morgan fingerprint density at radius 2 is 2.64 bits per heavy atom. The van der Waals surface area contributed by atoms with Crippen molar-refractivity contribution in [3.63, 3.8) is 0 Å². The Hall–Kier alpha value is -0.480. The maximum Gasteiger partial charge on any atom is 0.208 e. The largest absolute Gasteiger partial charge is 0.444 e. The smallest absolute Gasteiger partial charge is 0.208 e. The van der Waals surface area contributed by atoms with Gasteiger partial charge in [0.25, 0.3) is 0 Å². The number of nitrogens with one attached hydrogen (secondary N) is 1. The van der Waals surface area contributed by atoms with E-state index in [-0.39, 0.29) is 0 Å². The molecule has 3 nitrogen and oxygen atoms in total. The monoisotopic (exact) mass is 212 g/mol. The van der Waals surface area contributed by atoms with Crippen LogP contribution in [-0.2, 0) is 13.0 Å². The Balaban J connectivity index is 1.79. The highest BCUT2D eigenvalue weighted by Gasteiger charge is 2.15. The Morgan fingerprint density at radius 3 is 3.29 bits per heavy atom. The van der Waals surface area contributed by atoms with Crippen LogP contribution in [0.5, 0.6) is 0 Å². The van der Waals surface area contributed by atoms with Crippen molar-refractivity contribution in [3.8, 4) is 0 Å². The molecule has 0 radical (unpaired) electrons. The fourth-order valence-corrected chi connectivity index (χ4v) is 2.71. The molecule has 1 saturated heterocycles. The second-order valence-electron chi connectivity index (χ2n) is 3.52. The lowest BCUT2D eigenvalue weighted by Gasteiger charge is -2.07. The SMILES string of the molecule is CCc1cnc(CNC2CCSC2)o1. The van der Waals surface area contributed by atoms with Gasteiger partial charge in [-0.3, -0.25) is 0 Å². The van der Waals surface area contributed by atoms with E-state index >= 15 is 0 Å². The van der Waals surface area contributed by atoms with Crippen molar-refractivity contribution in [3.05, 3.63) is 17.8 Å². The average Bonchev–Trinajstić information content (AvgIpc) is 2.86. The topological polar surface area (TPSA) is 38.1 Å². The van der Waals surface area contributed by atoms with E-state index in [4.69, 9.17) is 4.42 Å². The maximum atomic E-state index is 5.51. The second-order valence-corrected chi connectivity index (χ2v) is 4.67. The third-order valence-electron chi connectivity index (χ3n) is 2.42. The molecule has 2 heterocycles. The zero-order valence-electron chi connectivity index (χ0n) is 8.45. The lowest BCUT2D eigenvalue weighted by Crippen LogP contribution is -2.28. The number of hydrogen-bond acceptors (Lipinski definition) is 4. The van der Waals surface area contributed by atoms with Crippen molar-refractivity contribution in [1.82, 2.24) is 10.3 Å². The van der Waals surface area contributed by atoms with Crippen LogP contribution in [0.3, 0.4) is 0 Å². The molecule has 0 aliphatic carbocycles. The lowest BCUT2D eigenvalue weighted by atomic mass is 10.3. The summed E-state index contributed by atoms with van der Waals surface area (Å²) in [6, 6.07) is 0.650. The Morgan fingerprint density at radius 1 is 1.71 bits per heavy atom. The minimum atomic E-state index is 0.650. The summed E-state index contributed by atoms with van der Waals surface area (Å²) in [4.78, 5) is 4.21. The molecule has 1 aliphatic heterocycles. The highest BCUT2D eigenvalue weighted by atomic mass is 32.2. The van der Waals surface area contributed by atoms with Crippen LogP contribution < -0.4 is 5.32 Å². The molecular weight excluding hydrogens is 196 g/mol. The Bertz CT molecular complexity index is 281. The maximum absolute atomic E-state index is 5.51. The standard InChI is InChI=1S/C10H16N2OS/c1-2-9-5-12-10(13-9)6-11-8-3-4-14-7-8/h5,8,11H,2-4,6-7H2,1H3. The zero-order valence-corrected chi connectivity index (χ0v) is 9.27. The van der Waals surface area contributed by atoms with Gasteiger partial charge < -0.3 is 9.73 Å². The molecule has 1 fully saturated rings. The molecule has 0 saturated carbocycles. The summed E-state index contributed by atoms with van der Waals surface area (Å²) >= 11 is 2.01. The Labute approximate surface area is 88.7 Å². The molecule has 78 valence electrons. The van der Waals surface area contributed by atoms with Gasteiger partial charge >= 0.3 is 0 Å². The molecule has 4 heteroatoms. The number of aromatic nitrogens is 1. The van der Waals surface area contributed by atoms with Crippen LogP contribution >= 0.6 is 11.8 Å². The lowest BCUT2D eigenvalue weighted by molar-refractivity contribution is 0.423. The zero-order chi connectivity index (χ0) is 9.80. The predicted molar refractivity (Wildman–Crippen MR) is 58.5 cm³/mol. The molecule has 0 bridgehead atoms. The summed E-state index contributed by atoms with van der Waals surface area (Å²) in [5.74, 6) is 4.30. The molecule has 0 amide bonds. The summed E-state index contributed by atoms with van der Waals surface area (Å²) in [5.41, 5.74) is 0. The van der Waals surface area contributed by atoms with E-state index in [1.807, 2.05) is 18.0 Å². The third-order valence-corrected chi connectivity index (χ3v) is 3.58. The van der Waals surface area contributed by atoms with Gasteiger partial charge in [-0.15, -0.1) is 0 Å². The van der Waals surface area contributed by atoms with Crippen molar-refractivity contribution in [1.29, 1.82) is 0 Å². The van der Waals surface area contributed by atoms with E-state index in [1.165, 1.54) is 17.9 Å². The second kappa shape index (κ2) is 4.84. The molecule has 1 unspecified atom stereocenters. The summed E-state index contributed by atoms with van der Waals surface area (Å²) in [7, 11) is 0. The molecule has 1 aliphatic rings. The van der Waals surface area contributed by atoms with Gasteiger partial charge in [-0.1, -0.05) is 6.92 Å². The first kappa shape index (κ1) is 10.1. The fourth-order valence-electron chi connectivity index (χ4n) is 1.52. The minimum Gasteiger partial charge on any atom is -0.444 e. The number of oxazole rings is 1. The van der Waals surface area contributed by atoms with E-state index in [1.54, 1.807) is 0 Å². The van der Waals surface area contributed by atoms with Gasteiger partial charge in [0.2, 0.25) is 5.89 Å². The van der Waals surface area contributed by atoms with Crippen molar-refractivity contribution in [2.24, 2.45) is 0 Å². The fraction of sp³-hybridized carbons (Fsp3) is 0.700. The molecule has 0 aromatic carbocycles. The van der Waals surface area contributed by atoms with Crippen molar-refractivity contribution >= 4 is 11.8 Å². The number of rotatable bonds is 4. The van der Waals surface area contributed by atoms with E-state index in [0.717, 1.165) is 24.6 Å². The van der Waals surface area contributed by atoms with E-state index in [2.05, 4.69) is 17.2 Å². The number of aryl methyl sites for hydroxylation is 1. The first-order valence-corrected chi connectivity index (χ1v) is 6.28. The highest BCUT2D eigenvalue weighted by Crippen LogP contribution is 2.17. The van der Waals surface area contributed by atoms with Gasteiger partial charge in [0.15, 0.2) is 0 Å².